The molecule has 2 rings (SSSR count). The lowest BCUT2D eigenvalue weighted by atomic mass is 10.0. The molecule has 0 aliphatic carbocycles. The fraction of sp³-hybridized carbons (Fsp3) is 0.400. The quantitative estimate of drug-likeness (QED) is 0.838. The number of aliphatic hydroxyl groups excluding tert-OH is 1. The fourth-order valence-corrected chi connectivity index (χ4v) is 2.03. The Morgan fingerprint density at radius 3 is 2.58 bits per heavy atom. The molecule has 0 spiro atoms. The molecule has 0 fully saturated rings. The van der Waals surface area contributed by atoms with Crippen molar-refractivity contribution in [3.8, 4) is 0 Å². The Morgan fingerprint density at radius 2 is 2.00 bits per heavy atom. The van der Waals surface area contributed by atoms with Crippen LogP contribution in [0.5, 0.6) is 0 Å². The van der Waals surface area contributed by atoms with Crippen LogP contribution in [-0.2, 0) is 6.54 Å². The highest BCUT2D eigenvalue weighted by Gasteiger charge is 2.12. The van der Waals surface area contributed by atoms with E-state index in [9.17, 15) is 0 Å². The normalized spacial score (nSPS) is 12.6. The third kappa shape index (κ3) is 3.66. The van der Waals surface area contributed by atoms with Gasteiger partial charge in [-0.3, -0.25) is 0 Å². The Bertz CT molecular complexity index is 489. The van der Waals surface area contributed by atoms with E-state index in [0.717, 1.165) is 17.0 Å². The molecule has 2 N–H and O–H groups in total. The van der Waals surface area contributed by atoms with E-state index in [1.807, 2.05) is 32.0 Å². The highest BCUT2D eigenvalue weighted by atomic mass is 16.4. The number of aryl methyl sites for hydroxylation is 2. The Kier molecular flexibility index (Phi) is 4.71. The van der Waals surface area contributed by atoms with Crippen molar-refractivity contribution < 1.29 is 9.52 Å². The van der Waals surface area contributed by atoms with Gasteiger partial charge in [0, 0.05) is 12.6 Å². The van der Waals surface area contributed by atoms with Gasteiger partial charge in [-0.2, -0.15) is 0 Å². The Hall–Kier alpha value is -1.65. The van der Waals surface area contributed by atoms with Crippen molar-refractivity contribution in [2.24, 2.45) is 0 Å². The van der Waals surface area contributed by atoms with Crippen LogP contribution in [0.1, 0.15) is 35.4 Å². The zero-order chi connectivity index (χ0) is 13.7. The number of rotatable bonds is 6. The van der Waals surface area contributed by atoms with Crippen LogP contribution >= 0.6 is 0 Å². The van der Waals surface area contributed by atoms with Gasteiger partial charge in [-0.25, -0.2) is 4.98 Å². The molecule has 0 aliphatic rings. The van der Waals surface area contributed by atoms with Crippen LogP contribution in [0.2, 0.25) is 0 Å². The van der Waals surface area contributed by atoms with E-state index in [0.29, 0.717) is 18.9 Å². The summed E-state index contributed by atoms with van der Waals surface area (Å²) < 4.78 is 5.54. The maximum Gasteiger partial charge on any atom is 0.208 e. The van der Waals surface area contributed by atoms with Crippen molar-refractivity contribution in [2.75, 3.05) is 6.61 Å². The Balaban J connectivity index is 2.01. The number of hydrogen-bond acceptors (Lipinski definition) is 4. The maximum atomic E-state index is 9.16. The number of aliphatic hydroxyl groups is 1. The molecule has 1 aromatic carbocycles. The molecule has 19 heavy (non-hydrogen) atoms. The van der Waals surface area contributed by atoms with Crippen LogP contribution in [0.15, 0.2) is 34.7 Å². The molecule has 1 heterocycles. The number of nitrogens with zero attached hydrogens (tertiary/aromatic N) is 1. The zero-order valence-electron chi connectivity index (χ0n) is 11.4. The minimum atomic E-state index is 0.110. The molecular weight excluding hydrogens is 240 g/mol. The number of hydrogen-bond donors (Lipinski definition) is 2. The van der Waals surface area contributed by atoms with Gasteiger partial charge in [0.05, 0.1) is 12.2 Å². The molecule has 4 heteroatoms. The zero-order valence-corrected chi connectivity index (χ0v) is 11.4. The van der Waals surface area contributed by atoms with Crippen molar-refractivity contribution in [3.63, 3.8) is 0 Å². The van der Waals surface area contributed by atoms with E-state index >= 15 is 0 Å². The lowest BCUT2D eigenvalue weighted by Gasteiger charge is -2.17. The molecular formula is C15H20N2O2. The minimum Gasteiger partial charge on any atom is -0.444 e. The molecule has 1 aromatic heterocycles. The third-order valence-electron chi connectivity index (χ3n) is 3.19. The van der Waals surface area contributed by atoms with Crippen LogP contribution in [-0.4, -0.2) is 16.7 Å². The van der Waals surface area contributed by atoms with Gasteiger partial charge in [0.1, 0.15) is 5.76 Å². The molecule has 4 nitrogen and oxygen atoms in total. The smallest absolute Gasteiger partial charge is 0.208 e. The lowest BCUT2D eigenvalue weighted by molar-refractivity contribution is 0.262. The first-order valence-corrected chi connectivity index (χ1v) is 6.53. The van der Waals surface area contributed by atoms with Crippen molar-refractivity contribution in [2.45, 2.75) is 32.9 Å². The Labute approximate surface area is 113 Å². The van der Waals surface area contributed by atoms with Crippen molar-refractivity contribution in [3.05, 3.63) is 53.2 Å². The van der Waals surface area contributed by atoms with E-state index in [1.54, 1.807) is 0 Å². The lowest BCUT2D eigenvalue weighted by Crippen LogP contribution is -2.22. The van der Waals surface area contributed by atoms with Gasteiger partial charge in [0.2, 0.25) is 5.89 Å². The molecule has 0 saturated carbocycles. The fourth-order valence-electron chi connectivity index (χ4n) is 2.03. The van der Waals surface area contributed by atoms with Crippen molar-refractivity contribution in [1.29, 1.82) is 0 Å². The number of nitrogens with one attached hydrogen (secondary N) is 1. The molecule has 0 bridgehead atoms. The highest BCUT2D eigenvalue weighted by Crippen LogP contribution is 2.17. The van der Waals surface area contributed by atoms with Gasteiger partial charge in [-0.15, -0.1) is 0 Å². The van der Waals surface area contributed by atoms with Crippen LogP contribution in [0, 0.1) is 13.8 Å². The highest BCUT2D eigenvalue weighted by molar-refractivity contribution is 5.19. The van der Waals surface area contributed by atoms with Gasteiger partial charge < -0.3 is 14.8 Å². The average molecular weight is 260 g/mol. The summed E-state index contributed by atoms with van der Waals surface area (Å²) in [5, 5.41) is 12.5. The monoisotopic (exact) mass is 260 g/mol. The predicted octanol–water partition coefficient (Wildman–Crippen LogP) is 2.50. The van der Waals surface area contributed by atoms with E-state index in [4.69, 9.17) is 9.52 Å². The van der Waals surface area contributed by atoms with E-state index < -0.39 is 0 Å². The molecule has 1 unspecified atom stereocenters. The summed E-state index contributed by atoms with van der Waals surface area (Å²) in [7, 11) is 0. The third-order valence-corrected chi connectivity index (χ3v) is 3.19. The molecule has 102 valence electrons. The van der Waals surface area contributed by atoms with Gasteiger partial charge in [-0.05, 0) is 25.8 Å². The summed E-state index contributed by atoms with van der Waals surface area (Å²) >= 11 is 0. The van der Waals surface area contributed by atoms with Gasteiger partial charge in [-0.1, -0.05) is 30.3 Å². The summed E-state index contributed by atoms with van der Waals surface area (Å²) in [4.78, 5) is 4.34. The van der Waals surface area contributed by atoms with Crippen molar-refractivity contribution >= 4 is 0 Å². The maximum absolute atomic E-state index is 9.16. The first kappa shape index (κ1) is 13.8. The van der Waals surface area contributed by atoms with Crippen LogP contribution in [0.25, 0.3) is 0 Å². The summed E-state index contributed by atoms with van der Waals surface area (Å²) in [6, 6.07) is 10.2. The van der Waals surface area contributed by atoms with E-state index in [-0.39, 0.29) is 12.6 Å². The van der Waals surface area contributed by atoms with Crippen LogP contribution in [0.3, 0.4) is 0 Å². The molecule has 0 saturated heterocycles. The number of oxazole rings is 1. The van der Waals surface area contributed by atoms with Crippen molar-refractivity contribution in [1.82, 2.24) is 10.3 Å². The molecule has 1 atom stereocenters. The summed E-state index contributed by atoms with van der Waals surface area (Å²) in [6.45, 7) is 4.56. The second kappa shape index (κ2) is 6.50. The first-order chi connectivity index (χ1) is 9.20. The largest absolute Gasteiger partial charge is 0.444 e. The summed E-state index contributed by atoms with van der Waals surface area (Å²) in [6.07, 6.45) is 0.669. The van der Waals surface area contributed by atoms with Gasteiger partial charge in [0.15, 0.2) is 0 Å². The van der Waals surface area contributed by atoms with Gasteiger partial charge >= 0.3 is 0 Å². The standard InChI is InChI=1S/C15H20N2O2/c1-11-12(2)19-15(17-11)10-16-14(8-9-18)13-6-4-3-5-7-13/h3-7,14,16,18H,8-10H2,1-2H3. The molecule has 0 radical (unpaired) electrons. The van der Waals surface area contributed by atoms with Crippen LogP contribution < -0.4 is 5.32 Å². The molecule has 2 aromatic rings. The van der Waals surface area contributed by atoms with Gasteiger partial charge in [0.25, 0.3) is 0 Å². The summed E-state index contributed by atoms with van der Waals surface area (Å²) in [5.74, 6) is 1.55. The second-order valence-corrected chi connectivity index (χ2v) is 4.61. The Morgan fingerprint density at radius 1 is 1.26 bits per heavy atom. The van der Waals surface area contributed by atoms with E-state index in [1.165, 1.54) is 0 Å². The minimum absolute atomic E-state index is 0.110. The molecule has 0 aliphatic heterocycles. The van der Waals surface area contributed by atoms with E-state index in [2.05, 4.69) is 22.4 Å². The molecule has 0 amide bonds. The number of aromatic nitrogens is 1. The first-order valence-electron chi connectivity index (χ1n) is 6.53. The summed E-state index contributed by atoms with van der Waals surface area (Å²) in [5.41, 5.74) is 2.09. The topological polar surface area (TPSA) is 58.3 Å². The second-order valence-electron chi connectivity index (χ2n) is 4.61. The predicted molar refractivity (Wildman–Crippen MR) is 73.7 cm³/mol. The number of benzene rings is 1. The SMILES string of the molecule is Cc1nc(CNC(CCO)c2ccccc2)oc1C. The average Bonchev–Trinajstić information content (AvgIpc) is 2.75. The van der Waals surface area contributed by atoms with Crippen LogP contribution in [0.4, 0.5) is 0 Å².